The van der Waals surface area contributed by atoms with Gasteiger partial charge in [0.25, 0.3) is 0 Å². The largest absolute Gasteiger partial charge is 0.494 e. The average Bonchev–Trinajstić information content (AvgIpc) is 2.56. The zero-order valence-electron chi connectivity index (χ0n) is 13.0. The first-order chi connectivity index (χ1) is 10.7. The maximum Gasteiger partial charge on any atom is 0.236 e. The van der Waals surface area contributed by atoms with Gasteiger partial charge in [0, 0.05) is 24.1 Å². The van der Waals surface area contributed by atoms with E-state index in [1.807, 2.05) is 68.6 Å². The van der Waals surface area contributed by atoms with Crippen LogP contribution in [0.15, 0.2) is 54.6 Å². The fourth-order valence-electron chi connectivity index (χ4n) is 2.06. The maximum atomic E-state index is 12.2. The molecule has 0 atom stereocenters. The van der Waals surface area contributed by atoms with E-state index in [2.05, 4.69) is 0 Å². The molecule has 3 nitrogen and oxygen atoms in total. The van der Waals surface area contributed by atoms with Crippen molar-refractivity contribution in [3.05, 3.63) is 60.2 Å². The molecule has 0 saturated heterocycles. The molecule has 2 aromatic carbocycles. The van der Waals surface area contributed by atoms with E-state index >= 15 is 0 Å². The fourth-order valence-corrected chi connectivity index (χ4v) is 2.99. The van der Waals surface area contributed by atoms with E-state index in [0.29, 0.717) is 12.4 Å². The molecule has 0 aliphatic heterocycles. The number of nitrogens with zero attached hydrogens (tertiary/aromatic N) is 1. The van der Waals surface area contributed by atoms with Gasteiger partial charge in [-0.1, -0.05) is 36.4 Å². The molecular weight excluding hydrogens is 294 g/mol. The van der Waals surface area contributed by atoms with E-state index in [1.165, 1.54) is 0 Å². The van der Waals surface area contributed by atoms with Crippen molar-refractivity contribution in [3.8, 4) is 5.75 Å². The molecule has 0 bridgehead atoms. The van der Waals surface area contributed by atoms with Crippen LogP contribution in [0.5, 0.6) is 5.75 Å². The van der Waals surface area contributed by atoms with E-state index in [9.17, 15) is 4.79 Å². The normalized spacial score (nSPS) is 10.3. The number of rotatable bonds is 7. The monoisotopic (exact) mass is 315 g/mol. The van der Waals surface area contributed by atoms with Crippen molar-refractivity contribution in [2.24, 2.45) is 0 Å². The van der Waals surface area contributed by atoms with E-state index < -0.39 is 0 Å². The second-order valence-corrected chi connectivity index (χ2v) is 5.81. The Balaban J connectivity index is 1.87. The Morgan fingerprint density at radius 2 is 1.77 bits per heavy atom. The van der Waals surface area contributed by atoms with Gasteiger partial charge in [-0.25, -0.2) is 0 Å². The van der Waals surface area contributed by atoms with E-state index in [1.54, 1.807) is 16.7 Å². The first kappa shape index (κ1) is 16.4. The molecule has 0 heterocycles. The molecule has 2 aromatic rings. The standard InChI is InChI=1S/C18H21NO2S/c1-3-21-17-12-8-7-9-15(17)13-22-14-18(20)19(2)16-10-5-4-6-11-16/h4-12H,3,13-14H2,1-2H3. The summed E-state index contributed by atoms with van der Waals surface area (Å²) < 4.78 is 5.60. The van der Waals surface area contributed by atoms with Gasteiger partial charge in [-0.15, -0.1) is 11.8 Å². The third kappa shape index (κ3) is 4.53. The minimum Gasteiger partial charge on any atom is -0.494 e. The zero-order chi connectivity index (χ0) is 15.8. The van der Waals surface area contributed by atoms with Crippen molar-refractivity contribution in [1.82, 2.24) is 0 Å². The lowest BCUT2D eigenvalue weighted by Gasteiger charge is -2.17. The van der Waals surface area contributed by atoms with Crippen molar-refractivity contribution in [3.63, 3.8) is 0 Å². The van der Waals surface area contributed by atoms with Crippen molar-refractivity contribution in [1.29, 1.82) is 0 Å². The maximum absolute atomic E-state index is 12.2. The Kier molecular flexibility index (Phi) is 6.34. The Bertz CT molecular complexity index is 601. The van der Waals surface area contributed by atoms with E-state index in [4.69, 9.17) is 4.74 Å². The van der Waals surface area contributed by atoms with Crippen LogP contribution in [-0.2, 0) is 10.5 Å². The smallest absolute Gasteiger partial charge is 0.236 e. The average molecular weight is 315 g/mol. The lowest BCUT2D eigenvalue weighted by molar-refractivity contribution is -0.115. The molecule has 0 radical (unpaired) electrons. The number of hydrogen-bond acceptors (Lipinski definition) is 3. The number of carbonyl (C=O) groups excluding carboxylic acids is 1. The molecule has 0 unspecified atom stereocenters. The van der Waals surface area contributed by atoms with Crippen molar-refractivity contribution in [2.75, 3.05) is 24.3 Å². The molecule has 4 heteroatoms. The van der Waals surface area contributed by atoms with Crippen molar-refractivity contribution in [2.45, 2.75) is 12.7 Å². The quantitative estimate of drug-likeness (QED) is 0.774. The summed E-state index contributed by atoms with van der Waals surface area (Å²) in [6, 6.07) is 17.7. The van der Waals surface area contributed by atoms with Crippen LogP contribution in [-0.4, -0.2) is 25.3 Å². The third-order valence-corrected chi connectivity index (χ3v) is 4.24. The minimum absolute atomic E-state index is 0.102. The summed E-state index contributed by atoms with van der Waals surface area (Å²) >= 11 is 1.61. The van der Waals surface area contributed by atoms with Crippen LogP contribution in [0.1, 0.15) is 12.5 Å². The van der Waals surface area contributed by atoms with Gasteiger partial charge in [0.05, 0.1) is 12.4 Å². The first-order valence-electron chi connectivity index (χ1n) is 7.32. The van der Waals surface area contributed by atoms with Crippen LogP contribution in [0, 0.1) is 0 Å². The summed E-state index contributed by atoms with van der Waals surface area (Å²) in [6.45, 7) is 2.62. The Labute approximate surface area is 136 Å². The van der Waals surface area contributed by atoms with Gasteiger partial charge in [-0.2, -0.15) is 0 Å². The fraction of sp³-hybridized carbons (Fsp3) is 0.278. The highest BCUT2D eigenvalue weighted by Gasteiger charge is 2.11. The highest BCUT2D eigenvalue weighted by molar-refractivity contribution is 7.99. The number of anilines is 1. The lowest BCUT2D eigenvalue weighted by atomic mass is 10.2. The molecule has 1 amide bonds. The Morgan fingerprint density at radius 3 is 2.50 bits per heavy atom. The molecule has 2 rings (SSSR count). The predicted octanol–water partition coefficient (Wildman–Crippen LogP) is 3.98. The second kappa shape index (κ2) is 8.49. The third-order valence-electron chi connectivity index (χ3n) is 3.27. The topological polar surface area (TPSA) is 29.5 Å². The van der Waals surface area contributed by atoms with Gasteiger partial charge < -0.3 is 9.64 Å². The van der Waals surface area contributed by atoms with Crippen LogP contribution in [0.3, 0.4) is 0 Å². The molecule has 0 spiro atoms. The van der Waals surface area contributed by atoms with Crippen molar-refractivity contribution < 1.29 is 9.53 Å². The molecule has 0 saturated carbocycles. The van der Waals surface area contributed by atoms with Gasteiger partial charge in [0.15, 0.2) is 0 Å². The molecule has 0 aliphatic carbocycles. The van der Waals surface area contributed by atoms with Gasteiger partial charge in [0.2, 0.25) is 5.91 Å². The highest BCUT2D eigenvalue weighted by Crippen LogP contribution is 2.23. The van der Waals surface area contributed by atoms with Gasteiger partial charge in [0.1, 0.15) is 5.75 Å². The summed E-state index contributed by atoms with van der Waals surface area (Å²) in [7, 11) is 1.81. The first-order valence-corrected chi connectivity index (χ1v) is 8.48. The van der Waals surface area contributed by atoms with E-state index in [-0.39, 0.29) is 5.91 Å². The summed E-state index contributed by atoms with van der Waals surface area (Å²) in [4.78, 5) is 13.9. The van der Waals surface area contributed by atoms with Crippen LogP contribution in [0.4, 0.5) is 5.69 Å². The molecule has 0 aliphatic rings. The molecular formula is C18H21NO2S. The molecule has 22 heavy (non-hydrogen) atoms. The minimum atomic E-state index is 0.102. The van der Waals surface area contributed by atoms with Crippen LogP contribution in [0.2, 0.25) is 0 Å². The second-order valence-electron chi connectivity index (χ2n) is 4.82. The summed E-state index contributed by atoms with van der Waals surface area (Å²) in [5, 5.41) is 0. The summed E-state index contributed by atoms with van der Waals surface area (Å²) in [5.74, 6) is 2.22. The summed E-state index contributed by atoms with van der Waals surface area (Å²) in [5.41, 5.74) is 2.05. The molecule has 0 aromatic heterocycles. The highest BCUT2D eigenvalue weighted by atomic mass is 32.2. The number of para-hydroxylation sites is 2. The molecule has 0 fully saturated rings. The van der Waals surface area contributed by atoms with Crippen LogP contribution >= 0.6 is 11.8 Å². The number of hydrogen-bond donors (Lipinski definition) is 0. The van der Waals surface area contributed by atoms with Gasteiger partial charge in [-0.3, -0.25) is 4.79 Å². The predicted molar refractivity (Wildman–Crippen MR) is 93.6 cm³/mol. The lowest BCUT2D eigenvalue weighted by Crippen LogP contribution is -2.27. The number of ether oxygens (including phenoxy) is 1. The SMILES string of the molecule is CCOc1ccccc1CSCC(=O)N(C)c1ccccc1. The van der Waals surface area contributed by atoms with Crippen LogP contribution in [0.25, 0.3) is 0 Å². The Hall–Kier alpha value is -1.94. The number of carbonyl (C=O) groups is 1. The zero-order valence-corrected chi connectivity index (χ0v) is 13.8. The number of thioether (sulfide) groups is 1. The summed E-state index contributed by atoms with van der Waals surface area (Å²) in [6.07, 6.45) is 0. The van der Waals surface area contributed by atoms with E-state index in [0.717, 1.165) is 22.8 Å². The number of amides is 1. The van der Waals surface area contributed by atoms with Gasteiger partial charge >= 0.3 is 0 Å². The number of benzene rings is 2. The van der Waals surface area contributed by atoms with Gasteiger partial charge in [-0.05, 0) is 25.1 Å². The van der Waals surface area contributed by atoms with Crippen LogP contribution < -0.4 is 9.64 Å². The van der Waals surface area contributed by atoms with Crippen molar-refractivity contribution >= 4 is 23.4 Å². The molecule has 0 N–H and O–H groups in total. The Morgan fingerprint density at radius 1 is 1.09 bits per heavy atom. The molecule has 116 valence electrons.